The zero-order chi connectivity index (χ0) is 23.5. The first-order valence-corrected chi connectivity index (χ1v) is 11.7. The molecular weight excluding hydrogens is 438 g/mol. The first-order chi connectivity index (χ1) is 16.0. The highest BCUT2D eigenvalue weighted by Crippen LogP contribution is 2.18. The molecule has 33 heavy (non-hydrogen) atoms. The third-order valence-electron chi connectivity index (χ3n) is 4.55. The minimum Gasteiger partial charge on any atom is -0.490 e. The van der Waals surface area contributed by atoms with E-state index in [0.717, 1.165) is 15.4 Å². The van der Waals surface area contributed by atoms with Crippen LogP contribution in [0.1, 0.15) is 11.1 Å². The minimum absolute atomic E-state index is 0.0569. The third kappa shape index (κ3) is 7.13. The zero-order valence-corrected chi connectivity index (χ0v) is 18.8. The van der Waals surface area contributed by atoms with Crippen LogP contribution in [0.15, 0.2) is 108 Å². The molecule has 3 aromatic rings. The van der Waals surface area contributed by atoms with E-state index in [-0.39, 0.29) is 18.0 Å². The van der Waals surface area contributed by atoms with Crippen molar-refractivity contribution in [3.05, 3.63) is 109 Å². The molecule has 0 aliphatic carbocycles. The molecule has 0 saturated carbocycles. The Morgan fingerprint density at radius 3 is 2.24 bits per heavy atom. The van der Waals surface area contributed by atoms with Gasteiger partial charge in [0.15, 0.2) is 0 Å². The first-order valence-electron chi connectivity index (χ1n) is 10.2. The van der Waals surface area contributed by atoms with Crippen LogP contribution in [-0.4, -0.2) is 38.0 Å². The van der Waals surface area contributed by atoms with Crippen LogP contribution in [-0.2, 0) is 21.4 Å². The summed E-state index contributed by atoms with van der Waals surface area (Å²) in [5.74, 6) is 0.145. The van der Waals surface area contributed by atoms with Gasteiger partial charge in [0.05, 0.1) is 17.7 Å². The Balaban J connectivity index is 1.68. The van der Waals surface area contributed by atoms with Gasteiger partial charge in [-0.2, -0.15) is 9.41 Å². The van der Waals surface area contributed by atoms with Crippen molar-refractivity contribution >= 4 is 22.1 Å². The molecule has 3 aromatic carbocycles. The largest absolute Gasteiger partial charge is 0.490 e. The summed E-state index contributed by atoms with van der Waals surface area (Å²) in [5.41, 5.74) is 3.92. The SMILES string of the molecule is C=CCOc1ccc(/C=N/NC(=O)CN(Cc2ccccc2)S(=O)(=O)c2ccccc2)cc1. The number of ether oxygens (including phenoxy) is 1. The molecule has 0 fully saturated rings. The van der Waals surface area contributed by atoms with Crippen molar-refractivity contribution < 1.29 is 17.9 Å². The second-order valence-corrected chi connectivity index (χ2v) is 8.97. The molecule has 0 heterocycles. The lowest BCUT2D eigenvalue weighted by atomic mass is 10.2. The molecule has 0 radical (unpaired) electrons. The van der Waals surface area contributed by atoms with Crippen LogP contribution in [0.4, 0.5) is 0 Å². The van der Waals surface area contributed by atoms with Crippen LogP contribution in [0.5, 0.6) is 5.75 Å². The van der Waals surface area contributed by atoms with Crippen molar-refractivity contribution in [2.45, 2.75) is 11.4 Å². The zero-order valence-electron chi connectivity index (χ0n) is 18.0. The van der Waals surface area contributed by atoms with Crippen LogP contribution < -0.4 is 10.2 Å². The normalized spacial score (nSPS) is 11.4. The smallest absolute Gasteiger partial charge is 0.255 e. The van der Waals surface area contributed by atoms with Gasteiger partial charge in [0, 0.05) is 6.54 Å². The first kappa shape index (κ1) is 23.9. The van der Waals surface area contributed by atoms with Crippen molar-refractivity contribution in [2.75, 3.05) is 13.2 Å². The second kappa shape index (κ2) is 11.8. The summed E-state index contributed by atoms with van der Waals surface area (Å²) in [6.45, 7) is 3.69. The summed E-state index contributed by atoms with van der Waals surface area (Å²) in [5, 5.41) is 3.95. The van der Waals surface area contributed by atoms with Crippen LogP contribution in [0.2, 0.25) is 0 Å². The highest BCUT2D eigenvalue weighted by atomic mass is 32.2. The van der Waals surface area contributed by atoms with Gasteiger partial charge in [-0.15, -0.1) is 0 Å². The molecule has 0 saturated heterocycles. The molecule has 7 nitrogen and oxygen atoms in total. The molecular formula is C25H25N3O4S. The van der Waals surface area contributed by atoms with E-state index in [1.54, 1.807) is 48.5 Å². The number of amides is 1. The van der Waals surface area contributed by atoms with Gasteiger partial charge in [-0.3, -0.25) is 4.79 Å². The molecule has 8 heteroatoms. The predicted octanol–water partition coefficient (Wildman–Crippen LogP) is 3.59. The second-order valence-electron chi connectivity index (χ2n) is 7.03. The number of hydrogen-bond donors (Lipinski definition) is 1. The Morgan fingerprint density at radius 2 is 1.61 bits per heavy atom. The average Bonchev–Trinajstić information content (AvgIpc) is 2.84. The van der Waals surface area contributed by atoms with Gasteiger partial charge in [-0.25, -0.2) is 13.8 Å². The van der Waals surface area contributed by atoms with Crippen LogP contribution in [0.3, 0.4) is 0 Å². The summed E-state index contributed by atoms with van der Waals surface area (Å²) in [4.78, 5) is 12.6. The number of hydrazone groups is 1. The fourth-order valence-electron chi connectivity index (χ4n) is 2.93. The van der Waals surface area contributed by atoms with Gasteiger partial charge >= 0.3 is 0 Å². The quantitative estimate of drug-likeness (QED) is 0.267. The number of benzene rings is 3. The fourth-order valence-corrected chi connectivity index (χ4v) is 4.34. The van der Waals surface area contributed by atoms with E-state index in [0.29, 0.717) is 12.4 Å². The molecule has 0 unspecified atom stereocenters. The number of carbonyl (C=O) groups is 1. The van der Waals surface area contributed by atoms with Crippen LogP contribution >= 0.6 is 0 Å². The number of sulfonamides is 1. The van der Waals surface area contributed by atoms with Gasteiger partial charge in [-0.1, -0.05) is 61.2 Å². The van der Waals surface area contributed by atoms with Gasteiger partial charge in [0.1, 0.15) is 12.4 Å². The molecule has 1 N–H and O–H groups in total. The molecule has 0 spiro atoms. The van der Waals surface area contributed by atoms with E-state index < -0.39 is 15.9 Å². The van der Waals surface area contributed by atoms with E-state index in [4.69, 9.17) is 4.74 Å². The summed E-state index contributed by atoms with van der Waals surface area (Å²) in [6, 6.07) is 24.3. The highest BCUT2D eigenvalue weighted by molar-refractivity contribution is 7.89. The van der Waals surface area contributed by atoms with Crippen molar-refractivity contribution in [2.24, 2.45) is 5.10 Å². The Hall–Kier alpha value is -3.75. The summed E-state index contributed by atoms with van der Waals surface area (Å²) >= 11 is 0. The lowest BCUT2D eigenvalue weighted by Gasteiger charge is -2.21. The molecule has 170 valence electrons. The molecule has 0 atom stereocenters. The number of carbonyl (C=O) groups excluding carboxylic acids is 1. The topological polar surface area (TPSA) is 88.1 Å². The van der Waals surface area contributed by atoms with Crippen molar-refractivity contribution in [1.82, 2.24) is 9.73 Å². The Labute approximate surface area is 194 Å². The monoisotopic (exact) mass is 463 g/mol. The Kier molecular flexibility index (Phi) is 8.51. The molecule has 0 aromatic heterocycles. The van der Waals surface area contributed by atoms with E-state index in [1.807, 2.05) is 30.3 Å². The maximum atomic E-state index is 13.2. The van der Waals surface area contributed by atoms with Gasteiger partial charge in [0.2, 0.25) is 10.0 Å². The predicted molar refractivity (Wildman–Crippen MR) is 128 cm³/mol. The Bertz CT molecular complexity index is 1180. The van der Waals surface area contributed by atoms with Crippen molar-refractivity contribution in [3.8, 4) is 5.75 Å². The maximum absolute atomic E-state index is 13.2. The maximum Gasteiger partial charge on any atom is 0.255 e. The van der Waals surface area contributed by atoms with Crippen LogP contribution in [0, 0.1) is 0 Å². The van der Waals surface area contributed by atoms with Crippen molar-refractivity contribution in [1.29, 1.82) is 0 Å². The summed E-state index contributed by atoms with van der Waals surface area (Å²) in [7, 11) is -3.88. The van der Waals surface area contributed by atoms with Crippen LogP contribution in [0.25, 0.3) is 0 Å². The number of nitrogens with zero attached hydrogens (tertiary/aromatic N) is 2. The van der Waals surface area contributed by atoms with E-state index in [1.165, 1.54) is 18.3 Å². The van der Waals surface area contributed by atoms with E-state index in [2.05, 4.69) is 17.1 Å². The molecule has 3 rings (SSSR count). The number of rotatable bonds is 11. The number of nitrogens with one attached hydrogen (secondary N) is 1. The standard InChI is InChI=1S/C25H25N3O4S/c1-2-17-32-23-15-13-21(14-16-23)18-26-27-25(29)20-28(19-22-9-5-3-6-10-22)33(30,31)24-11-7-4-8-12-24/h2-16,18H,1,17,19-20H2,(H,27,29)/b26-18+. The van der Waals surface area contributed by atoms with E-state index in [9.17, 15) is 13.2 Å². The summed E-state index contributed by atoms with van der Waals surface area (Å²) < 4.78 is 32.9. The highest BCUT2D eigenvalue weighted by Gasteiger charge is 2.26. The lowest BCUT2D eigenvalue weighted by Crippen LogP contribution is -2.39. The Morgan fingerprint density at radius 1 is 0.970 bits per heavy atom. The minimum atomic E-state index is -3.88. The van der Waals surface area contributed by atoms with E-state index >= 15 is 0 Å². The van der Waals surface area contributed by atoms with Gasteiger partial charge in [0.25, 0.3) is 5.91 Å². The average molecular weight is 464 g/mol. The fraction of sp³-hybridized carbons (Fsp3) is 0.120. The molecule has 0 aliphatic heterocycles. The lowest BCUT2D eigenvalue weighted by molar-refractivity contribution is -0.121. The molecule has 0 aliphatic rings. The van der Waals surface area contributed by atoms with Gasteiger partial charge in [-0.05, 0) is 47.5 Å². The third-order valence-corrected chi connectivity index (χ3v) is 6.36. The number of hydrogen-bond acceptors (Lipinski definition) is 5. The summed E-state index contributed by atoms with van der Waals surface area (Å²) in [6.07, 6.45) is 3.13. The van der Waals surface area contributed by atoms with Crippen molar-refractivity contribution in [3.63, 3.8) is 0 Å². The van der Waals surface area contributed by atoms with Gasteiger partial charge < -0.3 is 4.74 Å². The molecule has 0 bridgehead atoms. The molecule has 1 amide bonds.